The molecule has 1 aliphatic carbocycles. The first-order valence-corrected chi connectivity index (χ1v) is 6.24. The van der Waals surface area contributed by atoms with Crippen LogP contribution in [0.3, 0.4) is 0 Å². The summed E-state index contributed by atoms with van der Waals surface area (Å²) < 4.78 is 0. The number of carboxylic acid groups (broad SMARTS) is 2. The first-order chi connectivity index (χ1) is 8.36. The summed E-state index contributed by atoms with van der Waals surface area (Å²) in [5.74, 6) is -3.03. The van der Waals surface area contributed by atoms with Crippen molar-refractivity contribution >= 4 is 11.9 Å². The second kappa shape index (κ2) is 7.36. The summed E-state index contributed by atoms with van der Waals surface area (Å²) in [6, 6.07) is 0. The van der Waals surface area contributed by atoms with Crippen LogP contribution in [-0.4, -0.2) is 30.6 Å². The molecule has 6 nitrogen and oxygen atoms in total. The van der Waals surface area contributed by atoms with Crippen LogP contribution in [0.4, 0.5) is 0 Å². The van der Waals surface area contributed by atoms with Crippen molar-refractivity contribution < 1.29 is 40.9 Å². The van der Waals surface area contributed by atoms with Crippen LogP contribution in [0.15, 0.2) is 0 Å². The Bertz CT molecular complexity index is 310. The SMILES string of the molecule is C[C@]1(CN)CCCN1.O=C([O-])C1(C(=O)[O-])CCC1.[Pt+2]. The largest absolute Gasteiger partial charge is 2.00 e. The van der Waals surface area contributed by atoms with E-state index in [1.165, 1.54) is 12.8 Å². The Kier molecular flexibility index (Phi) is 7.19. The molecule has 2 fully saturated rings. The summed E-state index contributed by atoms with van der Waals surface area (Å²) in [4.78, 5) is 20.4. The molecule has 0 spiro atoms. The summed E-state index contributed by atoms with van der Waals surface area (Å²) in [6.07, 6.45) is 3.45. The molecule has 0 unspecified atom stereocenters. The quantitative estimate of drug-likeness (QED) is 0.468. The van der Waals surface area contributed by atoms with Gasteiger partial charge >= 0.3 is 21.1 Å². The van der Waals surface area contributed by atoms with Gasteiger partial charge in [-0.05, 0) is 39.2 Å². The van der Waals surface area contributed by atoms with Gasteiger partial charge in [0.2, 0.25) is 0 Å². The molecule has 2 aliphatic rings. The van der Waals surface area contributed by atoms with Gasteiger partial charge < -0.3 is 30.9 Å². The number of hydrogen-bond donors (Lipinski definition) is 2. The molecular weight excluding hydrogens is 431 g/mol. The van der Waals surface area contributed by atoms with Crippen LogP contribution in [0.25, 0.3) is 0 Å². The van der Waals surface area contributed by atoms with Gasteiger partial charge in [-0.1, -0.05) is 6.42 Å². The van der Waals surface area contributed by atoms with Gasteiger partial charge in [-0.25, -0.2) is 0 Å². The molecule has 1 saturated carbocycles. The Morgan fingerprint density at radius 2 is 1.68 bits per heavy atom. The Balaban J connectivity index is 0.000000331. The van der Waals surface area contributed by atoms with Gasteiger partial charge in [0.25, 0.3) is 0 Å². The van der Waals surface area contributed by atoms with Gasteiger partial charge in [-0.3, -0.25) is 0 Å². The van der Waals surface area contributed by atoms with E-state index < -0.39 is 17.4 Å². The van der Waals surface area contributed by atoms with E-state index in [4.69, 9.17) is 5.73 Å². The van der Waals surface area contributed by atoms with Gasteiger partial charge in [0.05, 0.1) is 11.9 Å². The van der Waals surface area contributed by atoms with Crippen molar-refractivity contribution in [2.24, 2.45) is 11.1 Å². The number of nitrogens with two attached hydrogens (primary N) is 1. The molecule has 112 valence electrons. The fraction of sp³-hybridized carbons (Fsp3) is 0.833. The number of rotatable bonds is 3. The normalized spacial score (nSPS) is 27.3. The third-order valence-electron chi connectivity index (χ3n) is 3.90. The molecule has 0 aromatic heterocycles. The molecule has 0 aromatic carbocycles. The van der Waals surface area contributed by atoms with E-state index in [-0.39, 0.29) is 39.4 Å². The third kappa shape index (κ3) is 4.26. The van der Waals surface area contributed by atoms with E-state index in [1.807, 2.05) is 0 Å². The van der Waals surface area contributed by atoms with Crippen LogP contribution in [0.5, 0.6) is 0 Å². The number of hydrogen-bond acceptors (Lipinski definition) is 6. The molecule has 2 rings (SSSR count). The average molecular weight is 451 g/mol. The fourth-order valence-corrected chi connectivity index (χ4v) is 2.15. The minimum atomic E-state index is -1.67. The molecular formula is C12H20N2O4Pt. The first kappa shape index (κ1) is 18.5. The van der Waals surface area contributed by atoms with Gasteiger partial charge in [-0.15, -0.1) is 0 Å². The second-order valence-corrected chi connectivity index (χ2v) is 5.31. The van der Waals surface area contributed by atoms with E-state index in [9.17, 15) is 19.8 Å². The Hall–Kier alpha value is -0.452. The second-order valence-electron chi connectivity index (χ2n) is 5.31. The minimum absolute atomic E-state index is 0. The number of carbonyl (C=O) groups is 2. The van der Waals surface area contributed by atoms with Gasteiger partial charge in [-0.2, -0.15) is 0 Å². The van der Waals surface area contributed by atoms with Crippen LogP contribution in [0, 0.1) is 5.41 Å². The Morgan fingerprint density at radius 1 is 1.16 bits per heavy atom. The zero-order valence-electron chi connectivity index (χ0n) is 11.0. The maximum Gasteiger partial charge on any atom is 2.00 e. The van der Waals surface area contributed by atoms with Crippen LogP contribution in [-0.2, 0) is 30.7 Å². The number of carbonyl (C=O) groups excluding carboxylic acids is 2. The van der Waals surface area contributed by atoms with Crippen molar-refractivity contribution in [3.8, 4) is 0 Å². The van der Waals surface area contributed by atoms with Crippen molar-refractivity contribution in [2.45, 2.75) is 44.6 Å². The van der Waals surface area contributed by atoms with E-state index >= 15 is 0 Å². The van der Waals surface area contributed by atoms with Crippen molar-refractivity contribution in [1.29, 1.82) is 0 Å². The van der Waals surface area contributed by atoms with E-state index in [1.54, 1.807) is 0 Å². The van der Waals surface area contributed by atoms with Crippen LogP contribution < -0.4 is 21.3 Å². The summed E-state index contributed by atoms with van der Waals surface area (Å²) >= 11 is 0. The summed E-state index contributed by atoms with van der Waals surface area (Å²) in [5.41, 5.74) is 4.10. The molecule has 3 N–H and O–H groups in total. The van der Waals surface area contributed by atoms with Crippen LogP contribution in [0.2, 0.25) is 0 Å². The zero-order valence-corrected chi connectivity index (χ0v) is 13.2. The summed E-state index contributed by atoms with van der Waals surface area (Å²) in [6.45, 7) is 4.10. The Labute approximate surface area is 127 Å². The predicted molar refractivity (Wildman–Crippen MR) is 61.0 cm³/mol. The van der Waals surface area contributed by atoms with E-state index in [2.05, 4.69) is 12.2 Å². The zero-order chi connectivity index (χ0) is 13.8. The molecule has 0 amide bonds. The maximum absolute atomic E-state index is 10.2. The number of aliphatic carboxylic acids is 2. The van der Waals surface area contributed by atoms with Crippen molar-refractivity contribution in [1.82, 2.24) is 5.32 Å². The molecule has 1 aliphatic heterocycles. The van der Waals surface area contributed by atoms with Crippen molar-refractivity contribution in [3.63, 3.8) is 0 Å². The molecule has 0 radical (unpaired) electrons. The molecule has 1 atom stereocenters. The third-order valence-corrected chi connectivity index (χ3v) is 3.90. The van der Waals surface area contributed by atoms with E-state index in [0.717, 1.165) is 13.1 Å². The molecule has 1 heterocycles. The van der Waals surface area contributed by atoms with Crippen LogP contribution in [0.1, 0.15) is 39.0 Å². The topological polar surface area (TPSA) is 118 Å². The fourth-order valence-electron chi connectivity index (χ4n) is 2.15. The van der Waals surface area contributed by atoms with Crippen molar-refractivity contribution in [3.05, 3.63) is 0 Å². The van der Waals surface area contributed by atoms with Crippen molar-refractivity contribution in [2.75, 3.05) is 13.1 Å². The monoisotopic (exact) mass is 451 g/mol. The maximum atomic E-state index is 10.2. The van der Waals surface area contributed by atoms with E-state index in [0.29, 0.717) is 6.42 Å². The molecule has 0 bridgehead atoms. The first-order valence-electron chi connectivity index (χ1n) is 6.24. The molecule has 7 heteroatoms. The minimum Gasteiger partial charge on any atom is -0.549 e. The molecule has 19 heavy (non-hydrogen) atoms. The molecule has 0 aromatic rings. The smallest absolute Gasteiger partial charge is 0.549 e. The number of nitrogens with one attached hydrogen (secondary N) is 1. The molecule has 1 saturated heterocycles. The van der Waals surface area contributed by atoms with Gasteiger partial charge in [0, 0.05) is 17.5 Å². The summed E-state index contributed by atoms with van der Waals surface area (Å²) in [7, 11) is 0. The van der Waals surface area contributed by atoms with Gasteiger partial charge in [0.15, 0.2) is 0 Å². The van der Waals surface area contributed by atoms with Crippen LogP contribution >= 0.6 is 0 Å². The predicted octanol–water partition coefficient (Wildman–Crippen LogP) is -2.26. The standard InChI is InChI=1S/C6H14N2.C6H8O4.Pt/c1-6(5-7)3-2-4-8-6;7-4(8)6(5(9)10)2-1-3-6;/h8H,2-5,7H2,1H3;1-3H2,(H,7,8)(H,9,10);/q;;+2/p-2/t6-;;/m1../s1. The van der Waals surface area contributed by atoms with Gasteiger partial charge in [0.1, 0.15) is 0 Å². The summed E-state index contributed by atoms with van der Waals surface area (Å²) in [5, 5.41) is 23.8. The average Bonchev–Trinajstić information content (AvgIpc) is 2.64. The Morgan fingerprint density at radius 3 is 1.79 bits per heavy atom. The number of carboxylic acids is 2.